The molecular formula is C22H20O2. The summed E-state index contributed by atoms with van der Waals surface area (Å²) in [6, 6.07) is 17.0. The molecule has 0 saturated carbocycles. The van der Waals surface area contributed by atoms with Gasteiger partial charge in [-0.25, -0.2) is 0 Å². The summed E-state index contributed by atoms with van der Waals surface area (Å²) in [4.78, 5) is 0. The highest BCUT2D eigenvalue weighted by Crippen LogP contribution is 2.42. The smallest absolute Gasteiger partial charge is 0.127 e. The minimum absolute atomic E-state index is 0.899. The summed E-state index contributed by atoms with van der Waals surface area (Å²) in [6.07, 6.45) is 0. The molecule has 4 rings (SSSR count). The normalized spacial score (nSPS) is 11.3. The average molecular weight is 316 g/mol. The summed E-state index contributed by atoms with van der Waals surface area (Å²) in [7, 11) is 3.46. The molecule has 0 radical (unpaired) electrons. The maximum absolute atomic E-state index is 5.67. The highest BCUT2D eigenvalue weighted by atomic mass is 16.5. The molecule has 0 bridgehead atoms. The molecule has 0 aliphatic carbocycles. The summed E-state index contributed by atoms with van der Waals surface area (Å²) in [5.74, 6) is 1.80. The third kappa shape index (κ3) is 1.96. The second kappa shape index (κ2) is 5.41. The van der Waals surface area contributed by atoms with Crippen LogP contribution in [-0.2, 0) is 0 Å². The van der Waals surface area contributed by atoms with Crippen molar-refractivity contribution in [2.45, 2.75) is 13.8 Å². The zero-order valence-electron chi connectivity index (χ0n) is 14.4. The van der Waals surface area contributed by atoms with E-state index in [-0.39, 0.29) is 0 Å². The molecule has 0 unspecified atom stereocenters. The first-order chi connectivity index (χ1) is 11.7. The van der Waals surface area contributed by atoms with Crippen molar-refractivity contribution in [1.29, 1.82) is 0 Å². The SMILES string of the molecule is COc1cc2cc(OC)c3cccc(C)c3c2c2c(C)cccc12. The van der Waals surface area contributed by atoms with Crippen molar-refractivity contribution in [3.05, 3.63) is 59.7 Å². The van der Waals surface area contributed by atoms with Gasteiger partial charge in [0.1, 0.15) is 11.5 Å². The lowest BCUT2D eigenvalue weighted by atomic mass is 9.91. The molecule has 0 N–H and O–H groups in total. The van der Waals surface area contributed by atoms with Gasteiger partial charge in [0.25, 0.3) is 0 Å². The molecule has 2 heteroatoms. The van der Waals surface area contributed by atoms with Crippen molar-refractivity contribution in [3.8, 4) is 11.5 Å². The first kappa shape index (κ1) is 14.8. The molecule has 0 spiro atoms. The van der Waals surface area contributed by atoms with Gasteiger partial charge in [0.2, 0.25) is 0 Å². The van der Waals surface area contributed by atoms with Gasteiger partial charge in [-0.2, -0.15) is 0 Å². The Bertz CT molecular complexity index is 1010. The van der Waals surface area contributed by atoms with E-state index in [1.54, 1.807) is 14.2 Å². The van der Waals surface area contributed by atoms with Gasteiger partial charge in [0.05, 0.1) is 14.2 Å². The van der Waals surface area contributed by atoms with Crippen LogP contribution in [0.5, 0.6) is 11.5 Å². The Morgan fingerprint density at radius 2 is 1.08 bits per heavy atom. The molecule has 0 amide bonds. The molecule has 0 aliphatic rings. The van der Waals surface area contributed by atoms with Crippen molar-refractivity contribution in [2.24, 2.45) is 0 Å². The lowest BCUT2D eigenvalue weighted by molar-refractivity contribution is 0.419. The van der Waals surface area contributed by atoms with Crippen LogP contribution in [0.1, 0.15) is 11.1 Å². The second-order valence-electron chi connectivity index (χ2n) is 6.25. The van der Waals surface area contributed by atoms with Crippen LogP contribution in [0.3, 0.4) is 0 Å². The number of hydrogen-bond donors (Lipinski definition) is 0. The first-order valence-corrected chi connectivity index (χ1v) is 8.12. The molecule has 120 valence electrons. The van der Waals surface area contributed by atoms with Crippen LogP contribution in [0.4, 0.5) is 0 Å². The number of methoxy groups -OCH3 is 2. The van der Waals surface area contributed by atoms with Crippen LogP contribution in [0.15, 0.2) is 48.5 Å². The number of aryl methyl sites for hydroxylation is 2. The highest BCUT2D eigenvalue weighted by molar-refractivity contribution is 6.24. The lowest BCUT2D eigenvalue weighted by Crippen LogP contribution is -1.93. The third-order valence-corrected chi connectivity index (χ3v) is 4.88. The molecule has 0 heterocycles. The van der Waals surface area contributed by atoms with Crippen LogP contribution in [0, 0.1) is 13.8 Å². The standard InChI is InChI=1S/C22H20O2/c1-13-7-5-9-16-18(23-3)11-15-12-19(24-4)17-10-6-8-14(2)21(17)22(15)20(13)16/h5-12H,1-4H3. The molecule has 0 atom stereocenters. The van der Waals surface area contributed by atoms with Crippen LogP contribution in [-0.4, -0.2) is 14.2 Å². The Balaban J connectivity index is 2.40. The van der Waals surface area contributed by atoms with Gasteiger partial charge in [-0.15, -0.1) is 0 Å². The van der Waals surface area contributed by atoms with Crippen LogP contribution in [0.25, 0.3) is 32.3 Å². The van der Waals surface area contributed by atoms with E-state index in [0.29, 0.717) is 0 Å². The van der Waals surface area contributed by atoms with E-state index in [2.05, 4.69) is 62.4 Å². The van der Waals surface area contributed by atoms with Gasteiger partial charge in [0.15, 0.2) is 0 Å². The summed E-state index contributed by atoms with van der Waals surface area (Å²) >= 11 is 0. The fourth-order valence-corrected chi connectivity index (χ4v) is 3.79. The molecule has 0 aromatic heterocycles. The highest BCUT2D eigenvalue weighted by Gasteiger charge is 2.15. The van der Waals surface area contributed by atoms with Crippen molar-refractivity contribution >= 4 is 32.3 Å². The van der Waals surface area contributed by atoms with Gasteiger partial charge in [-0.3, -0.25) is 0 Å². The molecule has 2 nitrogen and oxygen atoms in total. The van der Waals surface area contributed by atoms with Crippen LogP contribution >= 0.6 is 0 Å². The predicted molar refractivity (Wildman–Crippen MR) is 102 cm³/mol. The van der Waals surface area contributed by atoms with Crippen molar-refractivity contribution in [3.63, 3.8) is 0 Å². The minimum Gasteiger partial charge on any atom is -0.496 e. The molecular weight excluding hydrogens is 296 g/mol. The maximum Gasteiger partial charge on any atom is 0.127 e. The van der Waals surface area contributed by atoms with Crippen molar-refractivity contribution < 1.29 is 9.47 Å². The number of ether oxygens (including phenoxy) is 2. The summed E-state index contributed by atoms with van der Waals surface area (Å²) < 4.78 is 11.3. The zero-order chi connectivity index (χ0) is 16.8. The van der Waals surface area contributed by atoms with Crippen LogP contribution in [0.2, 0.25) is 0 Å². The van der Waals surface area contributed by atoms with Crippen LogP contribution < -0.4 is 9.47 Å². The largest absolute Gasteiger partial charge is 0.496 e. The van der Waals surface area contributed by atoms with E-state index in [4.69, 9.17) is 9.47 Å². The van der Waals surface area contributed by atoms with Gasteiger partial charge < -0.3 is 9.47 Å². The second-order valence-corrected chi connectivity index (χ2v) is 6.25. The summed E-state index contributed by atoms with van der Waals surface area (Å²) in [5, 5.41) is 7.24. The Hall–Kier alpha value is -2.74. The molecule has 4 aromatic carbocycles. The monoisotopic (exact) mass is 316 g/mol. The van der Waals surface area contributed by atoms with Crippen molar-refractivity contribution in [1.82, 2.24) is 0 Å². The van der Waals surface area contributed by atoms with Crippen molar-refractivity contribution in [2.75, 3.05) is 14.2 Å². The number of benzene rings is 4. The number of rotatable bonds is 2. The molecule has 24 heavy (non-hydrogen) atoms. The maximum atomic E-state index is 5.67. The average Bonchev–Trinajstić information content (AvgIpc) is 2.60. The van der Waals surface area contributed by atoms with Gasteiger partial charge in [-0.05, 0) is 58.7 Å². The zero-order valence-corrected chi connectivity index (χ0v) is 14.4. The quantitative estimate of drug-likeness (QED) is 0.436. The topological polar surface area (TPSA) is 18.5 Å². The van der Waals surface area contributed by atoms with E-state index in [1.807, 2.05) is 0 Å². The predicted octanol–water partition coefficient (Wildman–Crippen LogP) is 5.78. The fraction of sp³-hybridized carbons (Fsp3) is 0.182. The van der Waals surface area contributed by atoms with E-state index >= 15 is 0 Å². The lowest BCUT2D eigenvalue weighted by Gasteiger charge is -2.17. The molecule has 0 fully saturated rings. The van der Waals surface area contributed by atoms with Gasteiger partial charge in [0, 0.05) is 10.8 Å². The van der Waals surface area contributed by atoms with E-state index in [1.165, 1.54) is 27.3 Å². The summed E-state index contributed by atoms with van der Waals surface area (Å²) in [5.41, 5.74) is 2.51. The Morgan fingerprint density at radius 3 is 1.50 bits per heavy atom. The third-order valence-electron chi connectivity index (χ3n) is 4.88. The molecule has 4 aromatic rings. The first-order valence-electron chi connectivity index (χ1n) is 8.12. The van der Waals surface area contributed by atoms with E-state index in [0.717, 1.165) is 27.7 Å². The fourth-order valence-electron chi connectivity index (χ4n) is 3.79. The van der Waals surface area contributed by atoms with E-state index < -0.39 is 0 Å². The minimum atomic E-state index is 0.899. The van der Waals surface area contributed by atoms with Gasteiger partial charge >= 0.3 is 0 Å². The Morgan fingerprint density at radius 1 is 0.625 bits per heavy atom. The van der Waals surface area contributed by atoms with Gasteiger partial charge in [-0.1, -0.05) is 36.4 Å². The number of hydrogen-bond acceptors (Lipinski definition) is 2. The molecule has 0 saturated heterocycles. The Kier molecular flexibility index (Phi) is 3.34. The molecule has 0 aliphatic heterocycles. The summed E-state index contributed by atoms with van der Waals surface area (Å²) in [6.45, 7) is 4.32. The van der Waals surface area contributed by atoms with E-state index in [9.17, 15) is 0 Å². The Labute approximate surface area is 141 Å². The number of fused-ring (bicyclic) bond motifs is 5.